The number of carboxylic acid groups (broad SMARTS) is 1. The minimum Gasteiger partial charge on any atom is -0.480 e. The Hall–Kier alpha value is -1.05. The lowest BCUT2D eigenvalue weighted by molar-refractivity contribution is -0.138. The summed E-state index contributed by atoms with van der Waals surface area (Å²) < 4.78 is 23.4. The average molecular weight is 273 g/mol. The molecule has 0 aliphatic carbocycles. The van der Waals surface area contributed by atoms with Crippen molar-refractivity contribution in [3.8, 4) is 0 Å². The lowest BCUT2D eigenvalue weighted by atomic mass is 10.4. The highest BCUT2D eigenvalue weighted by atomic mass is 32.3. The molecule has 1 heterocycles. The maximum absolute atomic E-state index is 12.1. The summed E-state index contributed by atoms with van der Waals surface area (Å²) in [4.78, 5) is 10.9. The Balaban J connectivity index is 2.22. The van der Waals surface area contributed by atoms with E-state index in [1.807, 2.05) is 0 Å². The highest BCUT2D eigenvalue weighted by molar-refractivity contribution is 8.13. The molecule has 1 fully saturated rings. The van der Waals surface area contributed by atoms with Crippen LogP contribution < -0.4 is 5.32 Å². The summed E-state index contributed by atoms with van der Waals surface area (Å²) in [5, 5.41) is 11.4. The normalized spacial score (nSPS) is 24.7. The number of thioether (sulfide) groups is 1. The van der Waals surface area contributed by atoms with Crippen molar-refractivity contribution in [3.63, 3.8) is 0 Å². The number of sulfone groups is 1. The highest BCUT2D eigenvalue weighted by Gasteiger charge is 2.38. The van der Waals surface area contributed by atoms with Crippen LogP contribution in [0, 0.1) is 0 Å². The van der Waals surface area contributed by atoms with E-state index in [9.17, 15) is 13.2 Å². The number of hydrogen-bond acceptors (Lipinski definition) is 5. The van der Waals surface area contributed by atoms with E-state index < -0.39 is 26.6 Å². The lowest BCUT2D eigenvalue weighted by Gasteiger charge is -2.12. The van der Waals surface area contributed by atoms with Crippen LogP contribution >= 0.6 is 11.8 Å². The van der Waals surface area contributed by atoms with Crippen molar-refractivity contribution in [1.82, 2.24) is 5.32 Å². The fraction of sp³-hybridized carbons (Fsp3) is 0.300. The Bertz CT molecular complexity index is 514. The summed E-state index contributed by atoms with van der Waals surface area (Å²) in [5.41, 5.74) is 0. The van der Waals surface area contributed by atoms with Crippen LogP contribution in [0.5, 0.6) is 0 Å². The number of rotatable bonds is 3. The first kappa shape index (κ1) is 12.4. The molecule has 1 aliphatic rings. The Morgan fingerprint density at radius 3 is 2.53 bits per heavy atom. The molecule has 2 N–H and O–H groups in total. The number of nitrogens with one attached hydrogen (secondary N) is 1. The van der Waals surface area contributed by atoms with Gasteiger partial charge in [0.15, 0.2) is 4.71 Å². The van der Waals surface area contributed by atoms with E-state index in [1.165, 1.54) is 12.1 Å². The van der Waals surface area contributed by atoms with Crippen molar-refractivity contribution < 1.29 is 18.3 Å². The standard InChI is InChI=1S/C10H11NO4S2/c12-9(13)8-6-16-10(11-8)17(14,15)7-4-2-1-3-5-7/h1-5,8,10-11H,6H2,(H,12,13). The zero-order valence-corrected chi connectivity index (χ0v) is 10.4. The zero-order chi connectivity index (χ0) is 12.5. The Labute approximate surface area is 103 Å². The van der Waals surface area contributed by atoms with E-state index >= 15 is 0 Å². The average Bonchev–Trinajstić information content (AvgIpc) is 2.80. The summed E-state index contributed by atoms with van der Waals surface area (Å²) in [7, 11) is -3.52. The third kappa shape index (κ3) is 2.46. The minimum atomic E-state index is -3.52. The second-order valence-corrected chi connectivity index (χ2v) is 7.05. The molecule has 1 aromatic carbocycles. The summed E-state index contributed by atoms with van der Waals surface area (Å²) >= 11 is 1.10. The van der Waals surface area contributed by atoms with Gasteiger partial charge >= 0.3 is 5.97 Å². The van der Waals surface area contributed by atoms with E-state index in [1.54, 1.807) is 18.2 Å². The van der Waals surface area contributed by atoms with Gasteiger partial charge in [0, 0.05) is 5.75 Å². The molecule has 1 aliphatic heterocycles. The van der Waals surface area contributed by atoms with Crippen molar-refractivity contribution >= 4 is 27.6 Å². The van der Waals surface area contributed by atoms with Crippen molar-refractivity contribution in [2.45, 2.75) is 15.6 Å². The largest absolute Gasteiger partial charge is 0.480 e. The molecule has 17 heavy (non-hydrogen) atoms. The number of benzene rings is 1. The maximum atomic E-state index is 12.1. The summed E-state index contributed by atoms with van der Waals surface area (Å²) in [6.07, 6.45) is 0. The molecule has 0 radical (unpaired) electrons. The van der Waals surface area contributed by atoms with Gasteiger partial charge in [-0.1, -0.05) is 18.2 Å². The first-order chi connectivity index (χ1) is 8.01. The fourth-order valence-corrected chi connectivity index (χ4v) is 4.78. The summed E-state index contributed by atoms with van der Waals surface area (Å²) in [6, 6.07) is 7.22. The van der Waals surface area contributed by atoms with Crippen molar-refractivity contribution in [1.29, 1.82) is 0 Å². The fourth-order valence-electron chi connectivity index (χ4n) is 1.50. The molecule has 0 aromatic heterocycles. The molecule has 2 unspecified atom stereocenters. The van der Waals surface area contributed by atoms with Crippen LogP contribution in [0.1, 0.15) is 0 Å². The van der Waals surface area contributed by atoms with Crippen LogP contribution in [0.4, 0.5) is 0 Å². The van der Waals surface area contributed by atoms with Crippen LogP contribution in [0.15, 0.2) is 35.2 Å². The molecule has 92 valence electrons. The number of carboxylic acids is 1. The predicted octanol–water partition coefficient (Wildman–Crippen LogP) is 0.534. The van der Waals surface area contributed by atoms with Gasteiger partial charge in [-0.15, -0.1) is 11.8 Å². The van der Waals surface area contributed by atoms with Crippen LogP contribution in [0.2, 0.25) is 0 Å². The van der Waals surface area contributed by atoms with E-state index in [0.717, 1.165) is 11.8 Å². The van der Waals surface area contributed by atoms with Gasteiger partial charge in [-0.25, -0.2) is 8.42 Å². The van der Waals surface area contributed by atoms with E-state index in [4.69, 9.17) is 5.11 Å². The van der Waals surface area contributed by atoms with E-state index in [0.29, 0.717) is 0 Å². The SMILES string of the molecule is O=C(O)C1CSC(S(=O)(=O)c2ccccc2)N1. The molecule has 0 bridgehead atoms. The smallest absolute Gasteiger partial charge is 0.321 e. The second kappa shape index (κ2) is 4.67. The van der Waals surface area contributed by atoms with Gasteiger partial charge in [-0.3, -0.25) is 10.1 Å². The van der Waals surface area contributed by atoms with Crippen LogP contribution in [-0.4, -0.2) is 36.0 Å². The molecular weight excluding hydrogens is 262 g/mol. The molecule has 2 atom stereocenters. The number of aliphatic carboxylic acids is 1. The van der Waals surface area contributed by atoms with Crippen LogP contribution in [-0.2, 0) is 14.6 Å². The predicted molar refractivity (Wildman–Crippen MR) is 64.4 cm³/mol. The number of carbonyl (C=O) groups is 1. The second-order valence-electron chi connectivity index (χ2n) is 3.58. The maximum Gasteiger partial charge on any atom is 0.321 e. The highest BCUT2D eigenvalue weighted by Crippen LogP contribution is 2.28. The first-order valence-corrected chi connectivity index (χ1v) is 7.51. The van der Waals surface area contributed by atoms with Crippen molar-refractivity contribution in [2.75, 3.05) is 5.75 Å². The summed E-state index contributed by atoms with van der Waals surface area (Å²) in [6.45, 7) is 0. The zero-order valence-electron chi connectivity index (χ0n) is 8.74. The minimum absolute atomic E-state index is 0.205. The third-order valence-electron chi connectivity index (χ3n) is 2.40. The quantitative estimate of drug-likeness (QED) is 0.836. The number of hydrogen-bond donors (Lipinski definition) is 2. The van der Waals surface area contributed by atoms with Crippen LogP contribution in [0.3, 0.4) is 0 Å². The first-order valence-electron chi connectivity index (χ1n) is 4.91. The van der Waals surface area contributed by atoms with Gasteiger partial charge in [0.25, 0.3) is 0 Å². The van der Waals surface area contributed by atoms with E-state index in [2.05, 4.69) is 5.32 Å². The van der Waals surface area contributed by atoms with E-state index in [-0.39, 0.29) is 10.6 Å². The third-order valence-corrected chi connectivity index (χ3v) is 6.17. The molecule has 1 aromatic rings. The lowest BCUT2D eigenvalue weighted by Crippen LogP contribution is -2.39. The van der Waals surface area contributed by atoms with Crippen LogP contribution in [0.25, 0.3) is 0 Å². The molecule has 1 saturated heterocycles. The molecule has 0 saturated carbocycles. The van der Waals surface area contributed by atoms with Gasteiger partial charge in [-0.2, -0.15) is 0 Å². The molecule has 2 rings (SSSR count). The van der Waals surface area contributed by atoms with Crippen molar-refractivity contribution in [2.24, 2.45) is 0 Å². The topological polar surface area (TPSA) is 83.5 Å². The Kier molecular flexibility index (Phi) is 3.41. The van der Waals surface area contributed by atoms with Gasteiger partial charge in [-0.05, 0) is 12.1 Å². The van der Waals surface area contributed by atoms with Crippen molar-refractivity contribution in [3.05, 3.63) is 30.3 Å². The van der Waals surface area contributed by atoms with Gasteiger partial charge in [0.05, 0.1) is 4.90 Å². The molecule has 7 heteroatoms. The Morgan fingerprint density at radius 1 is 1.35 bits per heavy atom. The summed E-state index contributed by atoms with van der Waals surface area (Å²) in [5.74, 6) is -0.769. The Morgan fingerprint density at radius 2 is 2.00 bits per heavy atom. The molecule has 0 amide bonds. The monoisotopic (exact) mass is 273 g/mol. The van der Waals surface area contributed by atoms with Gasteiger partial charge in [0.2, 0.25) is 9.84 Å². The molecule has 5 nitrogen and oxygen atoms in total. The van der Waals surface area contributed by atoms with Gasteiger partial charge in [0.1, 0.15) is 6.04 Å². The molecular formula is C10H11NO4S2. The van der Waals surface area contributed by atoms with Gasteiger partial charge < -0.3 is 5.11 Å². The molecule has 0 spiro atoms.